The molecule has 1 aromatic heterocycles. The molecular weight excluding hydrogens is 358 g/mol. The van der Waals surface area contributed by atoms with E-state index in [1.165, 1.54) is 31.0 Å². The lowest BCUT2D eigenvalue weighted by Crippen LogP contribution is -2.40. The van der Waals surface area contributed by atoms with Crippen molar-refractivity contribution < 1.29 is 4.79 Å². The summed E-state index contributed by atoms with van der Waals surface area (Å²) in [6.45, 7) is 5.97. The van der Waals surface area contributed by atoms with Crippen molar-refractivity contribution in [1.82, 2.24) is 14.9 Å². The Hall–Kier alpha value is -1.82. The van der Waals surface area contributed by atoms with Crippen molar-refractivity contribution in [2.24, 2.45) is 0 Å². The fourth-order valence-electron chi connectivity index (χ4n) is 3.56. The van der Waals surface area contributed by atoms with E-state index in [9.17, 15) is 9.59 Å². The van der Waals surface area contributed by atoms with Crippen LogP contribution >= 0.6 is 11.8 Å². The second kappa shape index (κ2) is 8.91. The monoisotopic (exact) mass is 387 g/mol. The minimum atomic E-state index is -0.296. The van der Waals surface area contributed by atoms with Gasteiger partial charge in [-0.25, -0.2) is 4.98 Å². The number of carbonyl (C=O) groups is 1. The zero-order chi connectivity index (χ0) is 19.4. The third-order valence-corrected chi connectivity index (χ3v) is 6.48. The van der Waals surface area contributed by atoms with E-state index in [0.717, 1.165) is 19.3 Å². The van der Waals surface area contributed by atoms with Gasteiger partial charge in [0.25, 0.3) is 5.56 Å². The van der Waals surface area contributed by atoms with Crippen molar-refractivity contribution in [3.05, 3.63) is 34.6 Å². The molecule has 0 unspecified atom stereocenters. The molecule has 1 saturated carbocycles. The van der Waals surface area contributed by atoms with Crippen molar-refractivity contribution in [2.45, 2.75) is 81.8 Å². The first-order valence-electron chi connectivity index (χ1n) is 9.99. The van der Waals surface area contributed by atoms with Crippen molar-refractivity contribution in [1.29, 1.82) is 0 Å². The van der Waals surface area contributed by atoms with Gasteiger partial charge in [-0.3, -0.25) is 14.2 Å². The standard InChI is InChI=1S/C21H29N3O2S/c1-4-14(2)24-20(26)17-12-8-9-13-18(17)23-21(24)27-15(3)19(25)22-16-10-6-5-7-11-16/h8-9,12-16H,4-7,10-11H2,1-3H3,(H,22,25)/t14-,15-/m1/s1. The molecule has 1 aliphatic rings. The maximum absolute atomic E-state index is 13.0. The maximum Gasteiger partial charge on any atom is 0.262 e. The third kappa shape index (κ3) is 4.54. The lowest BCUT2D eigenvalue weighted by Gasteiger charge is -2.25. The molecule has 2 atom stereocenters. The number of hydrogen-bond acceptors (Lipinski definition) is 4. The number of nitrogens with one attached hydrogen (secondary N) is 1. The molecule has 146 valence electrons. The normalized spacial score (nSPS) is 17.6. The Balaban J connectivity index is 1.86. The molecule has 1 amide bonds. The molecule has 5 nitrogen and oxygen atoms in total. The van der Waals surface area contributed by atoms with Crippen LogP contribution in [0.15, 0.2) is 34.2 Å². The highest BCUT2D eigenvalue weighted by Gasteiger charge is 2.23. The quantitative estimate of drug-likeness (QED) is 0.593. The topological polar surface area (TPSA) is 64.0 Å². The van der Waals surface area contributed by atoms with Crippen molar-refractivity contribution in [3.8, 4) is 0 Å². The number of aromatic nitrogens is 2. The molecule has 1 heterocycles. The van der Waals surface area contributed by atoms with Gasteiger partial charge in [0.1, 0.15) is 0 Å². The predicted octanol–water partition coefficient (Wildman–Crippen LogP) is 4.30. The van der Waals surface area contributed by atoms with Gasteiger partial charge in [0, 0.05) is 12.1 Å². The Morgan fingerprint density at radius 3 is 2.67 bits per heavy atom. The molecule has 1 aliphatic carbocycles. The summed E-state index contributed by atoms with van der Waals surface area (Å²) in [6, 6.07) is 7.74. The van der Waals surface area contributed by atoms with E-state index < -0.39 is 0 Å². The molecule has 0 spiro atoms. The summed E-state index contributed by atoms with van der Waals surface area (Å²) in [7, 11) is 0. The van der Waals surface area contributed by atoms with Crippen molar-refractivity contribution in [2.75, 3.05) is 0 Å². The molecule has 2 aromatic rings. The van der Waals surface area contributed by atoms with E-state index in [2.05, 4.69) is 12.2 Å². The Bertz CT molecular complexity index is 858. The van der Waals surface area contributed by atoms with Crippen LogP contribution in [0.4, 0.5) is 0 Å². The number of nitrogens with zero attached hydrogens (tertiary/aromatic N) is 2. The van der Waals surface area contributed by atoms with Gasteiger partial charge in [0.2, 0.25) is 5.91 Å². The average molecular weight is 388 g/mol. The molecule has 0 aliphatic heterocycles. The SMILES string of the molecule is CC[C@@H](C)n1c(S[C@H](C)C(=O)NC2CCCCC2)nc2ccccc2c1=O. The summed E-state index contributed by atoms with van der Waals surface area (Å²) < 4.78 is 1.75. The van der Waals surface area contributed by atoms with Crippen LogP contribution in [-0.2, 0) is 4.79 Å². The Kier molecular flexibility index (Phi) is 6.58. The van der Waals surface area contributed by atoms with Crippen LogP contribution in [0.25, 0.3) is 10.9 Å². The highest BCUT2D eigenvalue weighted by molar-refractivity contribution is 8.00. The van der Waals surface area contributed by atoms with Crippen molar-refractivity contribution >= 4 is 28.6 Å². The van der Waals surface area contributed by atoms with Gasteiger partial charge in [0.05, 0.1) is 16.2 Å². The second-order valence-corrected chi connectivity index (χ2v) is 8.76. The van der Waals surface area contributed by atoms with Crippen LogP contribution in [0.3, 0.4) is 0 Å². The van der Waals surface area contributed by atoms with Gasteiger partial charge in [-0.1, -0.05) is 50.1 Å². The van der Waals surface area contributed by atoms with Gasteiger partial charge in [0.15, 0.2) is 5.16 Å². The number of rotatable bonds is 6. The number of hydrogen-bond donors (Lipinski definition) is 1. The van der Waals surface area contributed by atoms with Gasteiger partial charge < -0.3 is 5.32 Å². The number of para-hydroxylation sites is 1. The van der Waals surface area contributed by atoms with E-state index in [1.807, 2.05) is 38.1 Å². The summed E-state index contributed by atoms with van der Waals surface area (Å²) in [5.74, 6) is 0.0324. The summed E-state index contributed by atoms with van der Waals surface area (Å²) in [5, 5.41) is 4.13. The zero-order valence-corrected chi connectivity index (χ0v) is 17.2. The Morgan fingerprint density at radius 2 is 1.96 bits per heavy atom. The fraction of sp³-hybridized carbons (Fsp3) is 0.571. The molecule has 0 saturated heterocycles. The summed E-state index contributed by atoms with van der Waals surface area (Å²) in [6.07, 6.45) is 6.59. The van der Waals surface area contributed by atoms with E-state index in [-0.39, 0.29) is 28.8 Å². The minimum absolute atomic E-state index is 0.0302. The van der Waals surface area contributed by atoms with Gasteiger partial charge in [-0.05, 0) is 45.2 Å². The molecule has 1 fully saturated rings. The van der Waals surface area contributed by atoms with Gasteiger partial charge >= 0.3 is 0 Å². The van der Waals surface area contributed by atoms with Gasteiger partial charge in [-0.2, -0.15) is 0 Å². The predicted molar refractivity (Wildman–Crippen MR) is 111 cm³/mol. The highest BCUT2D eigenvalue weighted by atomic mass is 32.2. The zero-order valence-electron chi connectivity index (χ0n) is 16.4. The fourth-order valence-corrected chi connectivity index (χ4v) is 4.58. The summed E-state index contributed by atoms with van der Waals surface area (Å²) in [5.41, 5.74) is 0.654. The first-order valence-corrected chi connectivity index (χ1v) is 10.9. The highest BCUT2D eigenvalue weighted by Crippen LogP contribution is 2.26. The second-order valence-electron chi connectivity index (χ2n) is 7.45. The lowest BCUT2D eigenvalue weighted by molar-refractivity contribution is -0.121. The smallest absolute Gasteiger partial charge is 0.262 e. The lowest BCUT2D eigenvalue weighted by atomic mass is 9.95. The molecule has 3 rings (SSSR count). The molecule has 1 N–H and O–H groups in total. The molecule has 6 heteroatoms. The van der Waals surface area contributed by atoms with E-state index >= 15 is 0 Å². The van der Waals surface area contributed by atoms with E-state index in [0.29, 0.717) is 16.1 Å². The van der Waals surface area contributed by atoms with Gasteiger partial charge in [-0.15, -0.1) is 0 Å². The first kappa shape index (κ1) is 19.9. The number of carbonyl (C=O) groups excluding carboxylic acids is 1. The number of thioether (sulfide) groups is 1. The summed E-state index contributed by atoms with van der Waals surface area (Å²) in [4.78, 5) is 30.4. The van der Waals surface area contributed by atoms with Crippen LogP contribution in [-0.4, -0.2) is 26.8 Å². The molecule has 1 aromatic carbocycles. The maximum atomic E-state index is 13.0. The molecule has 0 bridgehead atoms. The Labute approximate surface area is 164 Å². The first-order chi connectivity index (χ1) is 13.0. The molecule has 27 heavy (non-hydrogen) atoms. The molecule has 0 radical (unpaired) electrons. The van der Waals surface area contributed by atoms with E-state index in [1.54, 1.807) is 4.57 Å². The van der Waals surface area contributed by atoms with Crippen LogP contribution in [0.1, 0.15) is 65.3 Å². The van der Waals surface area contributed by atoms with Crippen LogP contribution < -0.4 is 10.9 Å². The van der Waals surface area contributed by atoms with Crippen LogP contribution in [0, 0.1) is 0 Å². The minimum Gasteiger partial charge on any atom is -0.352 e. The third-order valence-electron chi connectivity index (χ3n) is 5.41. The van der Waals surface area contributed by atoms with Crippen LogP contribution in [0.5, 0.6) is 0 Å². The summed E-state index contributed by atoms with van der Waals surface area (Å²) >= 11 is 1.38. The average Bonchev–Trinajstić information content (AvgIpc) is 2.68. The number of benzene rings is 1. The Morgan fingerprint density at radius 1 is 1.26 bits per heavy atom. The van der Waals surface area contributed by atoms with Crippen LogP contribution in [0.2, 0.25) is 0 Å². The molecular formula is C21H29N3O2S. The van der Waals surface area contributed by atoms with Crippen molar-refractivity contribution in [3.63, 3.8) is 0 Å². The largest absolute Gasteiger partial charge is 0.352 e. The number of fused-ring (bicyclic) bond motifs is 1. The van der Waals surface area contributed by atoms with E-state index in [4.69, 9.17) is 4.98 Å². The number of amides is 1.